The SMILES string of the molecule is CCC(C)CN(C)S(=O)(=O)c1ccc(CNC)cn1. The Morgan fingerprint density at radius 2 is 2.11 bits per heavy atom. The van der Waals surface area contributed by atoms with Crippen molar-refractivity contribution in [3.8, 4) is 0 Å². The average molecular weight is 285 g/mol. The molecule has 1 aromatic heterocycles. The fourth-order valence-corrected chi connectivity index (χ4v) is 2.89. The lowest BCUT2D eigenvalue weighted by Gasteiger charge is -2.20. The Hall–Kier alpha value is -0.980. The summed E-state index contributed by atoms with van der Waals surface area (Å²) >= 11 is 0. The molecular weight excluding hydrogens is 262 g/mol. The van der Waals surface area contributed by atoms with E-state index in [9.17, 15) is 8.42 Å². The zero-order chi connectivity index (χ0) is 14.5. The summed E-state index contributed by atoms with van der Waals surface area (Å²) < 4.78 is 26.0. The highest BCUT2D eigenvalue weighted by Gasteiger charge is 2.23. The Bertz CT molecular complexity index is 485. The first-order valence-corrected chi connectivity index (χ1v) is 7.91. The maximum atomic E-state index is 12.3. The first kappa shape index (κ1) is 16.1. The smallest absolute Gasteiger partial charge is 0.260 e. The van der Waals surface area contributed by atoms with Crippen molar-refractivity contribution in [3.05, 3.63) is 23.9 Å². The van der Waals surface area contributed by atoms with E-state index < -0.39 is 10.0 Å². The maximum Gasteiger partial charge on any atom is 0.260 e. The van der Waals surface area contributed by atoms with Crippen molar-refractivity contribution < 1.29 is 8.42 Å². The Labute approximate surface area is 116 Å². The van der Waals surface area contributed by atoms with Crippen LogP contribution in [-0.2, 0) is 16.6 Å². The molecule has 1 aromatic rings. The Morgan fingerprint density at radius 1 is 1.42 bits per heavy atom. The number of hydrogen-bond acceptors (Lipinski definition) is 4. The van der Waals surface area contributed by atoms with Gasteiger partial charge in [-0.3, -0.25) is 0 Å². The first-order valence-electron chi connectivity index (χ1n) is 6.47. The second-order valence-corrected chi connectivity index (χ2v) is 6.83. The molecule has 0 amide bonds. The average Bonchev–Trinajstić information content (AvgIpc) is 2.39. The third-order valence-corrected chi connectivity index (χ3v) is 4.86. The van der Waals surface area contributed by atoms with Crippen molar-refractivity contribution in [3.63, 3.8) is 0 Å². The van der Waals surface area contributed by atoms with Gasteiger partial charge in [-0.2, -0.15) is 4.31 Å². The van der Waals surface area contributed by atoms with E-state index in [1.165, 1.54) is 4.31 Å². The number of sulfonamides is 1. The van der Waals surface area contributed by atoms with Gasteiger partial charge in [0.2, 0.25) is 0 Å². The molecule has 6 heteroatoms. The van der Waals surface area contributed by atoms with E-state index >= 15 is 0 Å². The summed E-state index contributed by atoms with van der Waals surface area (Å²) in [6, 6.07) is 3.35. The summed E-state index contributed by atoms with van der Waals surface area (Å²) in [5, 5.41) is 3.11. The van der Waals surface area contributed by atoms with Gasteiger partial charge in [0.15, 0.2) is 5.03 Å². The molecule has 1 atom stereocenters. The van der Waals surface area contributed by atoms with Crippen LogP contribution >= 0.6 is 0 Å². The van der Waals surface area contributed by atoms with E-state index in [0.29, 0.717) is 19.0 Å². The van der Waals surface area contributed by atoms with Crippen molar-refractivity contribution in [2.24, 2.45) is 5.92 Å². The van der Waals surface area contributed by atoms with Crippen LogP contribution in [-0.4, -0.2) is 38.3 Å². The van der Waals surface area contributed by atoms with Crippen LogP contribution in [0.2, 0.25) is 0 Å². The lowest BCUT2D eigenvalue weighted by molar-refractivity contribution is 0.392. The Morgan fingerprint density at radius 3 is 2.58 bits per heavy atom. The molecule has 0 aliphatic heterocycles. The molecule has 5 nitrogen and oxygen atoms in total. The predicted octanol–water partition coefficient (Wildman–Crippen LogP) is 1.47. The van der Waals surface area contributed by atoms with Gasteiger partial charge in [0.05, 0.1) is 0 Å². The topological polar surface area (TPSA) is 62.3 Å². The summed E-state index contributed by atoms with van der Waals surface area (Å²) in [7, 11) is -0.0343. The van der Waals surface area contributed by atoms with E-state index in [1.54, 1.807) is 25.4 Å². The van der Waals surface area contributed by atoms with E-state index in [1.807, 2.05) is 14.0 Å². The van der Waals surface area contributed by atoms with Crippen LogP contribution in [0.1, 0.15) is 25.8 Å². The van der Waals surface area contributed by atoms with Crippen LogP contribution in [0.25, 0.3) is 0 Å². The van der Waals surface area contributed by atoms with Crippen LogP contribution < -0.4 is 5.32 Å². The van der Waals surface area contributed by atoms with Gasteiger partial charge in [0.1, 0.15) is 0 Å². The third kappa shape index (κ3) is 4.26. The number of nitrogens with zero attached hydrogens (tertiary/aromatic N) is 2. The van der Waals surface area contributed by atoms with Crippen molar-refractivity contribution in [1.29, 1.82) is 0 Å². The zero-order valence-electron chi connectivity index (χ0n) is 12.0. The van der Waals surface area contributed by atoms with E-state index in [-0.39, 0.29) is 5.03 Å². The molecule has 1 rings (SSSR count). The third-order valence-electron chi connectivity index (χ3n) is 3.12. The molecule has 1 heterocycles. The number of hydrogen-bond donors (Lipinski definition) is 1. The summed E-state index contributed by atoms with van der Waals surface area (Å²) in [4.78, 5) is 4.05. The fraction of sp³-hybridized carbons (Fsp3) is 0.615. The molecule has 19 heavy (non-hydrogen) atoms. The van der Waals surface area contributed by atoms with E-state index in [4.69, 9.17) is 0 Å². The fourth-order valence-electron chi connectivity index (χ4n) is 1.70. The molecule has 1 N–H and O–H groups in total. The van der Waals surface area contributed by atoms with E-state index in [2.05, 4.69) is 17.2 Å². The summed E-state index contributed by atoms with van der Waals surface area (Å²) in [6.07, 6.45) is 2.55. The quantitative estimate of drug-likeness (QED) is 0.824. The van der Waals surface area contributed by atoms with Crippen LogP contribution in [0.15, 0.2) is 23.4 Å². The lowest BCUT2D eigenvalue weighted by atomic mass is 10.1. The van der Waals surface area contributed by atoms with Crippen molar-refractivity contribution in [1.82, 2.24) is 14.6 Å². The molecule has 0 fully saturated rings. The molecule has 0 saturated heterocycles. The molecule has 0 aromatic carbocycles. The standard InChI is InChI=1S/C13H23N3O2S/c1-5-11(2)10-16(4)19(17,18)13-7-6-12(8-14-3)9-15-13/h6-7,9,11,14H,5,8,10H2,1-4H3. The van der Waals surface area contributed by atoms with Gasteiger partial charge in [-0.15, -0.1) is 0 Å². The van der Waals surface area contributed by atoms with Gasteiger partial charge >= 0.3 is 0 Å². The predicted molar refractivity (Wildman–Crippen MR) is 76.3 cm³/mol. The molecule has 1 unspecified atom stereocenters. The Balaban J connectivity index is 2.87. The summed E-state index contributed by atoms with van der Waals surface area (Å²) in [5.41, 5.74) is 0.964. The highest BCUT2D eigenvalue weighted by molar-refractivity contribution is 7.89. The summed E-state index contributed by atoms with van der Waals surface area (Å²) in [5.74, 6) is 0.336. The number of nitrogens with one attached hydrogen (secondary N) is 1. The molecule has 0 radical (unpaired) electrons. The molecule has 0 aliphatic rings. The van der Waals surface area contributed by atoms with Crippen LogP contribution in [0.5, 0.6) is 0 Å². The number of aromatic nitrogens is 1. The highest BCUT2D eigenvalue weighted by atomic mass is 32.2. The normalized spacial score (nSPS) is 13.7. The number of pyridine rings is 1. The second kappa shape index (κ2) is 6.98. The molecule has 0 aliphatic carbocycles. The van der Waals surface area contributed by atoms with Crippen molar-refractivity contribution in [2.45, 2.75) is 31.8 Å². The van der Waals surface area contributed by atoms with Gasteiger partial charge in [-0.25, -0.2) is 13.4 Å². The van der Waals surface area contributed by atoms with Crippen molar-refractivity contribution in [2.75, 3.05) is 20.6 Å². The van der Waals surface area contributed by atoms with Gasteiger partial charge in [0.25, 0.3) is 10.0 Å². The minimum atomic E-state index is -3.47. The minimum absolute atomic E-state index is 0.109. The second-order valence-electron chi connectivity index (χ2n) is 4.83. The minimum Gasteiger partial charge on any atom is -0.316 e. The van der Waals surface area contributed by atoms with Gasteiger partial charge in [-0.05, 0) is 24.6 Å². The zero-order valence-corrected chi connectivity index (χ0v) is 12.9. The largest absolute Gasteiger partial charge is 0.316 e. The molecule has 0 saturated carbocycles. The van der Waals surface area contributed by atoms with Gasteiger partial charge in [-0.1, -0.05) is 26.3 Å². The highest BCUT2D eigenvalue weighted by Crippen LogP contribution is 2.14. The van der Waals surface area contributed by atoms with Crippen LogP contribution in [0, 0.1) is 5.92 Å². The molecule has 0 bridgehead atoms. The van der Waals surface area contributed by atoms with Gasteiger partial charge in [0, 0.05) is 26.3 Å². The van der Waals surface area contributed by atoms with Crippen LogP contribution in [0.3, 0.4) is 0 Å². The van der Waals surface area contributed by atoms with Crippen molar-refractivity contribution >= 4 is 10.0 Å². The monoisotopic (exact) mass is 285 g/mol. The van der Waals surface area contributed by atoms with E-state index in [0.717, 1.165) is 12.0 Å². The lowest BCUT2D eigenvalue weighted by Crippen LogP contribution is -2.31. The molecule has 0 spiro atoms. The number of rotatable bonds is 7. The first-order chi connectivity index (χ1) is 8.91. The molecule has 108 valence electrons. The summed E-state index contributed by atoms with van der Waals surface area (Å²) in [6.45, 7) is 5.28. The Kier molecular flexibility index (Phi) is 5.90. The maximum absolute atomic E-state index is 12.3. The van der Waals surface area contributed by atoms with Gasteiger partial charge < -0.3 is 5.32 Å². The molecular formula is C13H23N3O2S. The van der Waals surface area contributed by atoms with Crippen LogP contribution in [0.4, 0.5) is 0 Å².